The van der Waals surface area contributed by atoms with Crippen LogP contribution in [0.25, 0.3) is 0 Å². The lowest BCUT2D eigenvalue weighted by molar-refractivity contribution is 0.102. The summed E-state index contributed by atoms with van der Waals surface area (Å²) < 4.78 is 0. The number of rotatable bonds is 4. The fourth-order valence-corrected chi connectivity index (χ4v) is 2.00. The summed E-state index contributed by atoms with van der Waals surface area (Å²) in [6.45, 7) is 0. The van der Waals surface area contributed by atoms with Gasteiger partial charge in [0.15, 0.2) is 0 Å². The van der Waals surface area contributed by atoms with E-state index in [1.54, 1.807) is 36.4 Å². The predicted molar refractivity (Wildman–Crippen MR) is 90.9 cm³/mol. The molecule has 0 saturated carbocycles. The summed E-state index contributed by atoms with van der Waals surface area (Å²) in [6, 6.07) is 18.2. The van der Waals surface area contributed by atoms with Crippen LogP contribution in [0.15, 0.2) is 67.0 Å². The highest BCUT2D eigenvalue weighted by atomic mass is 16.1. The normalized spacial score (nSPS) is 9.79. The SMILES string of the molecule is N#Cc1ccc(Nc2cnc(C(=O)Nc3ccccc3)cn2)cc1. The number of amides is 1. The van der Waals surface area contributed by atoms with Crippen LogP contribution >= 0.6 is 0 Å². The fourth-order valence-electron chi connectivity index (χ4n) is 2.00. The Balaban J connectivity index is 1.66. The van der Waals surface area contributed by atoms with Gasteiger partial charge in [-0.05, 0) is 36.4 Å². The molecule has 24 heavy (non-hydrogen) atoms. The van der Waals surface area contributed by atoms with Crippen molar-refractivity contribution in [3.63, 3.8) is 0 Å². The number of hydrogen-bond donors (Lipinski definition) is 2. The Morgan fingerprint density at radius 2 is 1.67 bits per heavy atom. The van der Waals surface area contributed by atoms with Crippen molar-refractivity contribution in [2.75, 3.05) is 10.6 Å². The van der Waals surface area contributed by atoms with Crippen molar-refractivity contribution in [3.8, 4) is 6.07 Å². The summed E-state index contributed by atoms with van der Waals surface area (Å²) in [4.78, 5) is 20.4. The van der Waals surface area contributed by atoms with E-state index in [2.05, 4.69) is 26.7 Å². The first-order chi connectivity index (χ1) is 11.7. The molecule has 2 aromatic carbocycles. The molecule has 0 bridgehead atoms. The zero-order chi connectivity index (χ0) is 16.8. The van der Waals surface area contributed by atoms with E-state index in [4.69, 9.17) is 5.26 Å². The monoisotopic (exact) mass is 315 g/mol. The zero-order valence-corrected chi connectivity index (χ0v) is 12.6. The van der Waals surface area contributed by atoms with Gasteiger partial charge in [-0.25, -0.2) is 9.97 Å². The minimum Gasteiger partial charge on any atom is -0.339 e. The molecule has 116 valence electrons. The van der Waals surface area contributed by atoms with Gasteiger partial charge >= 0.3 is 0 Å². The van der Waals surface area contributed by atoms with Crippen molar-refractivity contribution < 1.29 is 4.79 Å². The van der Waals surface area contributed by atoms with Crippen molar-refractivity contribution in [2.24, 2.45) is 0 Å². The molecular weight excluding hydrogens is 302 g/mol. The standard InChI is InChI=1S/C18H13N5O/c19-10-13-6-8-15(9-7-13)22-17-12-20-16(11-21-17)18(24)23-14-4-2-1-3-5-14/h1-9,11-12H,(H,21,22)(H,23,24). The van der Waals surface area contributed by atoms with E-state index in [0.29, 0.717) is 17.1 Å². The molecule has 2 N–H and O–H groups in total. The van der Waals surface area contributed by atoms with Gasteiger partial charge in [0.2, 0.25) is 0 Å². The molecule has 0 radical (unpaired) electrons. The number of anilines is 3. The van der Waals surface area contributed by atoms with Gasteiger partial charge in [0.1, 0.15) is 11.5 Å². The van der Waals surface area contributed by atoms with Gasteiger partial charge in [-0.2, -0.15) is 5.26 Å². The van der Waals surface area contributed by atoms with Crippen molar-refractivity contribution in [1.29, 1.82) is 5.26 Å². The second-order valence-corrected chi connectivity index (χ2v) is 4.92. The zero-order valence-electron chi connectivity index (χ0n) is 12.6. The quantitative estimate of drug-likeness (QED) is 0.770. The van der Waals surface area contributed by atoms with Crippen LogP contribution in [0.2, 0.25) is 0 Å². The van der Waals surface area contributed by atoms with Crippen LogP contribution in [-0.4, -0.2) is 15.9 Å². The number of hydrogen-bond acceptors (Lipinski definition) is 5. The smallest absolute Gasteiger partial charge is 0.275 e. The highest BCUT2D eigenvalue weighted by molar-refractivity contribution is 6.02. The van der Waals surface area contributed by atoms with Gasteiger partial charge in [-0.1, -0.05) is 18.2 Å². The molecule has 1 amide bonds. The molecule has 0 spiro atoms. The maximum absolute atomic E-state index is 12.1. The van der Waals surface area contributed by atoms with E-state index >= 15 is 0 Å². The first-order valence-corrected chi connectivity index (χ1v) is 7.20. The van der Waals surface area contributed by atoms with Crippen LogP contribution in [0.4, 0.5) is 17.2 Å². The molecule has 1 aromatic heterocycles. The lowest BCUT2D eigenvalue weighted by Gasteiger charge is -2.07. The van der Waals surface area contributed by atoms with Gasteiger partial charge in [0.25, 0.3) is 5.91 Å². The summed E-state index contributed by atoms with van der Waals surface area (Å²) in [5.74, 6) is 0.189. The lowest BCUT2D eigenvalue weighted by atomic mass is 10.2. The van der Waals surface area contributed by atoms with Crippen LogP contribution in [0.1, 0.15) is 16.1 Å². The molecule has 0 unspecified atom stereocenters. The molecule has 6 nitrogen and oxygen atoms in total. The van der Waals surface area contributed by atoms with Gasteiger partial charge in [0, 0.05) is 11.4 Å². The topological polar surface area (TPSA) is 90.7 Å². The number of para-hydroxylation sites is 1. The van der Waals surface area contributed by atoms with Crippen LogP contribution < -0.4 is 10.6 Å². The van der Waals surface area contributed by atoms with E-state index in [-0.39, 0.29) is 11.6 Å². The highest BCUT2D eigenvalue weighted by Crippen LogP contribution is 2.14. The van der Waals surface area contributed by atoms with E-state index in [0.717, 1.165) is 5.69 Å². The van der Waals surface area contributed by atoms with Crippen LogP contribution in [0, 0.1) is 11.3 Å². The molecule has 6 heteroatoms. The van der Waals surface area contributed by atoms with Gasteiger partial charge in [-0.3, -0.25) is 4.79 Å². The molecule has 0 aliphatic carbocycles. The summed E-state index contributed by atoms with van der Waals surface area (Å²) in [5.41, 5.74) is 2.29. The average molecular weight is 315 g/mol. The number of carbonyl (C=O) groups is 1. The Hall–Kier alpha value is -3.72. The van der Waals surface area contributed by atoms with Crippen molar-refractivity contribution in [3.05, 3.63) is 78.2 Å². The van der Waals surface area contributed by atoms with E-state index in [9.17, 15) is 4.79 Å². The van der Waals surface area contributed by atoms with Crippen LogP contribution in [0.3, 0.4) is 0 Å². The summed E-state index contributed by atoms with van der Waals surface area (Å²) in [5, 5.41) is 14.6. The molecule has 3 rings (SSSR count). The Kier molecular flexibility index (Phi) is 4.45. The predicted octanol–water partition coefficient (Wildman–Crippen LogP) is 3.34. The molecule has 0 aliphatic rings. The van der Waals surface area contributed by atoms with Crippen molar-refractivity contribution >= 4 is 23.1 Å². The van der Waals surface area contributed by atoms with E-state index in [1.165, 1.54) is 12.4 Å². The fraction of sp³-hybridized carbons (Fsp3) is 0. The van der Waals surface area contributed by atoms with Gasteiger partial charge < -0.3 is 10.6 Å². The third kappa shape index (κ3) is 3.72. The largest absolute Gasteiger partial charge is 0.339 e. The minimum atomic E-state index is -0.321. The summed E-state index contributed by atoms with van der Waals surface area (Å²) >= 11 is 0. The molecule has 0 aliphatic heterocycles. The van der Waals surface area contributed by atoms with Gasteiger partial charge in [0.05, 0.1) is 24.0 Å². The highest BCUT2D eigenvalue weighted by Gasteiger charge is 2.08. The molecule has 0 saturated heterocycles. The number of nitriles is 1. The van der Waals surface area contributed by atoms with Crippen LogP contribution in [0.5, 0.6) is 0 Å². The Morgan fingerprint density at radius 1 is 0.917 bits per heavy atom. The number of aromatic nitrogens is 2. The minimum absolute atomic E-state index is 0.226. The molecule has 1 heterocycles. The number of carbonyl (C=O) groups excluding carboxylic acids is 1. The molecule has 3 aromatic rings. The first-order valence-electron chi connectivity index (χ1n) is 7.20. The summed E-state index contributed by atoms with van der Waals surface area (Å²) in [6.07, 6.45) is 2.89. The third-order valence-corrected chi connectivity index (χ3v) is 3.20. The second-order valence-electron chi connectivity index (χ2n) is 4.92. The van der Waals surface area contributed by atoms with Crippen molar-refractivity contribution in [2.45, 2.75) is 0 Å². The number of benzene rings is 2. The van der Waals surface area contributed by atoms with Crippen molar-refractivity contribution in [1.82, 2.24) is 9.97 Å². The van der Waals surface area contributed by atoms with E-state index < -0.39 is 0 Å². The second kappa shape index (κ2) is 7.03. The molecule has 0 fully saturated rings. The summed E-state index contributed by atoms with van der Waals surface area (Å²) in [7, 11) is 0. The number of nitrogens with one attached hydrogen (secondary N) is 2. The van der Waals surface area contributed by atoms with Gasteiger partial charge in [-0.15, -0.1) is 0 Å². The maximum Gasteiger partial charge on any atom is 0.275 e. The maximum atomic E-state index is 12.1. The van der Waals surface area contributed by atoms with E-state index in [1.807, 2.05) is 18.2 Å². The Bertz CT molecular complexity index is 868. The average Bonchev–Trinajstić information content (AvgIpc) is 2.64. The first kappa shape index (κ1) is 15.2. The van der Waals surface area contributed by atoms with Crippen LogP contribution in [-0.2, 0) is 0 Å². The third-order valence-electron chi connectivity index (χ3n) is 3.20. The number of nitrogens with zero attached hydrogens (tertiary/aromatic N) is 3. The molecular formula is C18H13N5O. The Labute approximate surface area is 138 Å². The molecule has 0 atom stereocenters. The lowest BCUT2D eigenvalue weighted by Crippen LogP contribution is -2.14. The Morgan fingerprint density at radius 3 is 2.29 bits per heavy atom.